The second-order valence-corrected chi connectivity index (χ2v) is 6.63. The Kier molecular flexibility index (Phi) is 3.92. The van der Waals surface area contributed by atoms with Crippen LogP contribution in [0, 0.1) is 5.92 Å². The predicted octanol–water partition coefficient (Wildman–Crippen LogP) is 4.42. The number of piperidine rings is 1. The second kappa shape index (κ2) is 5.66. The van der Waals surface area contributed by atoms with E-state index in [1.807, 2.05) is 12.1 Å². The molecule has 0 spiro atoms. The molecule has 19 heavy (non-hydrogen) atoms. The Bertz CT molecular complexity index is 472. The first kappa shape index (κ1) is 13.2. The van der Waals surface area contributed by atoms with Gasteiger partial charge in [-0.1, -0.05) is 12.8 Å². The molecule has 3 heteroatoms. The second-order valence-electron chi connectivity index (χ2n) is 5.78. The zero-order valence-corrected chi connectivity index (χ0v) is 12.7. The van der Waals surface area contributed by atoms with Crippen molar-refractivity contribution in [3.63, 3.8) is 0 Å². The highest BCUT2D eigenvalue weighted by Gasteiger charge is 2.33. The Morgan fingerprint density at radius 1 is 1.16 bits per heavy atom. The molecule has 1 aromatic rings. The molecular weight excluding hydrogens is 302 g/mol. The predicted molar refractivity (Wildman–Crippen MR) is 81.9 cm³/mol. The summed E-state index contributed by atoms with van der Waals surface area (Å²) in [4.78, 5) is 13.4. The lowest BCUT2D eigenvalue weighted by Gasteiger charge is -2.45. The molecule has 0 radical (unpaired) electrons. The molecular formula is C16H20BrNO. The number of carbonyl (C=O) groups is 1. The minimum atomic E-state index is 0.709. The third kappa shape index (κ3) is 2.58. The van der Waals surface area contributed by atoms with Gasteiger partial charge in [0.2, 0.25) is 0 Å². The molecule has 0 amide bonds. The molecule has 0 N–H and O–H groups in total. The Hall–Kier alpha value is -0.830. The number of hydrogen-bond donors (Lipinski definition) is 0. The minimum Gasteiger partial charge on any atom is -0.367 e. The van der Waals surface area contributed by atoms with Crippen LogP contribution in [0.1, 0.15) is 48.9 Å². The smallest absolute Gasteiger partial charge is 0.150 e. The fraction of sp³-hybridized carbons (Fsp3) is 0.562. The van der Waals surface area contributed by atoms with Gasteiger partial charge in [-0.25, -0.2) is 0 Å². The summed E-state index contributed by atoms with van der Waals surface area (Å²) in [6, 6.07) is 6.68. The third-order valence-electron chi connectivity index (χ3n) is 4.66. The van der Waals surface area contributed by atoms with Crippen molar-refractivity contribution < 1.29 is 4.79 Å². The van der Waals surface area contributed by atoms with Crippen LogP contribution in [0.15, 0.2) is 22.7 Å². The number of rotatable bonds is 2. The molecule has 1 heterocycles. The number of benzene rings is 1. The number of hydrogen-bond acceptors (Lipinski definition) is 2. The van der Waals surface area contributed by atoms with E-state index in [0.717, 1.165) is 28.8 Å². The average Bonchev–Trinajstić information content (AvgIpc) is 2.46. The van der Waals surface area contributed by atoms with Gasteiger partial charge in [0.25, 0.3) is 0 Å². The molecule has 0 aromatic heterocycles. The molecule has 1 saturated heterocycles. The summed E-state index contributed by atoms with van der Waals surface area (Å²) in [5.74, 6) is 0.875. The van der Waals surface area contributed by atoms with E-state index in [2.05, 4.69) is 26.9 Å². The molecule has 1 aliphatic carbocycles. The summed E-state index contributed by atoms with van der Waals surface area (Å²) in [7, 11) is 0. The van der Waals surface area contributed by atoms with Crippen molar-refractivity contribution in [2.75, 3.05) is 11.4 Å². The summed E-state index contributed by atoms with van der Waals surface area (Å²) in [6.45, 7) is 1.15. The monoisotopic (exact) mass is 321 g/mol. The summed E-state index contributed by atoms with van der Waals surface area (Å²) in [6.07, 6.45) is 9.09. The van der Waals surface area contributed by atoms with Crippen LogP contribution in [0.5, 0.6) is 0 Å². The van der Waals surface area contributed by atoms with E-state index in [1.54, 1.807) is 0 Å². The van der Waals surface area contributed by atoms with Crippen LogP contribution in [-0.2, 0) is 0 Å². The Morgan fingerprint density at radius 3 is 2.74 bits per heavy atom. The molecule has 1 aromatic carbocycles. The largest absolute Gasteiger partial charge is 0.367 e. The van der Waals surface area contributed by atoms with Crippen LogP contribution < -0.4 is 4.90 Å². The molecule has 0 bridgehead atoms. The quantitative estimate of drug-likeness (QED) is 0.751. The van der Waals surface area contributed by atoms with Crippen LogP contribution in [0.4, 0.5) is 5.69 Å². The van der Waals surface area contributed by atoms with Crippen molar-refractivity contribution >= 4 is 27.9 Å². The number of halogens is 1. The van der Waals surface area contributed by atoms with E-state index in [0.29, 0.717) is 6.04 Å². The zero-order valence-electron chi connectivity index (χ0n) is 11.1. The number of anilines is 1. The molecule has 2 fully saturated rings. The van der Waals surface area contributed by atoms with Crippen LogP contribution >= 0.6 is 15.9 Å². The highest BCUT2D eigenvalue weighted by atomic mass is 79.9. The normalized spacial score (nSPS) is 26.9. The van der Waals surface area contributed by atoms with Crippen LogP contribution in [0.2, 0.25) is 0 Å². The van der Waals surface area contributed by atoms with Gasteiger partial charge in [-0.15, -0.1) is 0 Å². The number of fused-ring (bicyclic) bond motifs is 1. The van der Waals surface area contributed by atoms with Gasteiger partial charge in [0.05, 0.1) is 5.69 Å². The van der Waals surface area contributed by atoms with Crippen LogP contribution in [0.3, 0.4) is 0 Å². The van der Waals surface area contributed by atoms with Crippen molar-refractivity contribution in [2.24, 2.45) is 5.92 Å². The fourth-order valence-electron chi connectivity index (χ4n) is 3.75. The first-order chi connectivity index (χ1) is 9.29. The van der Waals surface area contributed by atoms with Crippen LogP contribution in [0.25, 0.3) is 0 Å². The lowest BCUT2D eigenvalue weighted by Crippen LogP contribution is -2.47. The maximum absolute atomic E-state index is 10.8. The minimum absolute atomic E-state index is 0.709. The van der Waals surface area contributed by atoms with E-state index in [1.165, 1.54) is 44.2 Å². The maximum atomic E-state index is 10.8. The molecule has 3 rings (SSSR count). The standard InChI is InChI=1S/C16H20BrNO/c17-14-10-12(11-19)7-8-16(14)18-9-3-5-13-4-1-2-6-15(13)18/h7-8,10-11,13,15H,1-6,9H2/t13-,15-/m1/s1. The number of aldehydes is 1. The highest BCUT2D eigenvalue weighted by Crippen LogP contribution is 2.40. The van der Waals surface area contributed by atoms with Gasteiger partial charge in [0.15, 0.2) is 0 Å². The van der Waals surface area contributed by atoms with Crippen molar-refractivity contribution in [3.05, 3.63) is 28.2 Å². The number of nitrogens with zero attached hydrogens (tertiary/aromatic N) is 1. The van der Waals surface area contributed by atoms with E-state index < -0.39 is 0 Å². The fourth-order valence-corrected chi connectivity index (χ4v) is 4.38. The van der Waals surface area contributed by atoms with E-state index in [-0.39, 0.29) is 0 Å². The molecule has 2 nitrogen and oxygen atoms in total. The maximum Gasteiger partial charge on any atom is 0.150 e. The molecule has 1 aliphatic heterocycles. The van der Waals surface area contributed by atoms with Crippen molar-refractivity contribution in [2.45, 2.75) is 44.6 Å². The van der Waals surface area contributed by atoms with Crippen molar-refractivity contribution in [1.82, 2.24) is 0 Å². The molecule has 102 valence electrons. The lowest BCUT2D eigenvalue weighted by atomic mass is 9.78. The summed E-state index contributed by atoms with van der Waals surface area (Å²) in [5.41, 5.74) is 2.01. The summed E-state index contributed by atoms with van der Waals surface area (Å²) >= 11 is 3.64. The highest BCUT2D eigenvalue weighted by molar-refractivity contribution is 9.10. The Balaban J connectivity index is 1.89. The Labute approximate surface area is 123 Å². The zero-order chi connectivity index (χ0) is 13.2. The summed E-state index contributed by atoms with van der Waals surface area (Å²) < 4.78 is 1.06. The van der Waals surface area contributed by atoms with E-state index in [9.17, 15) is 4.79 Å². The Morgan fingerprint density at radius 2 is 1.95 bits per heavy atom. The first-order valence-corrected chi connectivity index (χ1v) is 8.10. The number of carbonyl (C=O) groups excluding carboxylic acids is 1. The summed E-state index contributed by atoms with van der Waals surface area (Å²) in [5, 5.41) is 0. The van der Waals surface area contributed by atoms with Crippen LogP contribution in [-0.4, -0.2) is 18.9 Å². The first-order valence-electron chi connectivity index (χ1n) is 7.31. The van der Waals surface area contributed by atoms with Gasteiger partial charge in [0, 0.05) is 22.6 Å². The van der Waals surface area contributed by atoms with E-state index >= 15 is 0 Å². The topological polar surface area (TPSA) is 20.3 Å². The van der Waals surface area contributed by atoms with Gasteiger partial charge in [-0.2, -0.15) is 0 Å². The molecule has 2 atom stereocenters. The van der Waals surface area contributed by atoms with Gasteiger partial charge in [-0.05, 0) is 65.7 Å². The molecule has 0 unspecified atom stereocenters. The molecule has 1 saturated carbocycles. The van der Waals surface area contributed by atoms with Crippen molar-refractivity contribution in [3.8, 4) is 0 Å². The SMILES string of the molecule is O=Cc1ccc(N2CCC[C@H]3CCCC[C@H]32)c(Br)c1. The molecule has 2 aliphatic rings. The van der Waals surface area contributed by atoms with Gasteiger partial charge >= 0.3 is 0 Å². The van der Waals surface area contributed by atoms with Gasteiger partial charge in [-0.3, -0.25) is 4.79 Å². The average molecular weight is 322 g/mol. The van der Waals surface area contributed by atoms with Crippen molar-refractivity contribution in [1.29, 1.82) is 0 Å². The van der Waals surface area contributed by atoms with Gasteiger partial charge < -0.3 is 4.90 Å². The van der Waals surface area contributed by atoms with Gasteiger partial charge in [0.1, 0.15) is 6.29 Å². The third-order valence-corrected chi connectivity index (χ3v) is 5.30. The van der Waals surface area contributed by atoms with E-state index in [4.69, 9.17) is 0 Å². The lowest BCUT2D eigenvalue weighted by molar-refractivity contribution is 0.112.